The van der Waals surface area contributed by atoms with Gasteiger partial charge < -0.3 is 5.32 Å². The van der Waals surface area contributed by atoms with Gasteiger partial charge in [-0.2, -0.15) is 0 Å². The lowest BCUT2D eigenvalue weighted by Gasteiger charge is -2.29. The molecular formula is C16H25ClFN. The van der Waals surface area contributed by atoms with E-state index in [1.165, 1.54) is 12.1 Å². The van der Waals surface area contributed by atoms with E-state index in [0.29, 0.717) is 16.9 Å². The van der Waals surface area contributed by atoms with Gasteiger partial charge in [-0.15, -0.1) is 0 Å². The summed E-state index contributed by atoms with van der Waals surface area (Å²) in [6.45, 7) is 11.7. The van der Waals surface area contributed by atoms with Crippen LogP contribution in [0.1, 0.15) is 52.5 Å². The van der Waals surface area contributed by atoms with Gasteiger partial charge in [0.2, 0.25) is 0 Å². The molecule has 0 aliphatic rings. The van der Waals surface area contributed by atoms with Crippen LogP contribution in [0.4, 0.5) is 4.39 Å². The van der Waals surface area contributed by atoms with Crippen LogP contribution in [0, 0.1) is 11.7 Å². The first-order valence-corrected chi connectivity index (χ1v) is 7.32. The lowest BCUT2D eigenvalue weighted by molar-refractivity contribution is 0.356. The van der Waals surface area contributed by atoms with E-state index in [4.69, 9.17) is 11.6 Å². The highest BCUT2D eigenvalue weighted by Gasteiger charge is 2.22. The van der Waals surface area contributed by atoms with Gasteiger partial charge in [-0.25, -0.2) is 4.39 Å². The van der Waals surface area contributed by atoms with E-state index in [-0.39, 0.29) is 11.4 Å². The van der Waals surface area contributed by atoms with Crippen molar-refractivity contribution in [3.63, 3.8) is 0 Å². The Kier molecular flexibility index (Phi) is 5.82. The third kappa shape index (κ3) is 5.12. The number of benzene rings is 1. The van der Waals surface area contributed by atoms with E-state index < -0.39 is 0 Å². The molecule has 19 heavy (non-hydrogen) atoms. The van der Waals surface area contributed by atoms with Crippen LogP contribution in [-0.2, 0) is 0 Å². The van der Waals surface area contributed by atoms with Gasteiger partial charge in [0.1, 0.15) is 5.82 Å². The molecule has 2 atom stereocenters. The molecule has 0 saturated heterocycles. The van der Waals surface area contributed by atoms with Crippen molar-refractivity contribution in [3.05, 3.63) is 34.6 Å². The van der Waals surface area contributed by atoms with E-state index in [2.05, 4.69) is 39.9 Å². The summed E-state index contributed by atoms with van der Waals surface area (Å²) in [6.07, 6.45) is 1.07. The number of hydrogen-bond acceptors (Lipinski definition) is 1. The van der Waals surface area contributed by atoms with E-state index in [0.717, 1.165) is 18.5 Å². The zero-order valence-electron chi connectivity index (χ0n) is 12.6. The molecule has 0 fully saturated rings. The molecule has 108 valence electrons. The fourth-order valence-electron chi connectivity index (χ4n) is 2.12. The standard InChI is InChI=1S/C16H25ClFN/c1-6-11(2)14(10-19-16(3,4)5)13-8-7-12(18)9-15(13)17/h7-9,11,14,19H,6,10H2,1-5H3. The summed E-state index contributed by atoms with van der Waals surface area (Å²) < 4.78 is 13.2. The van der Waals surface area contributed by atoms with Gasteiger partial charge in [0, 0.05) is 23.0 Å². The molecule has 0 aliphatic carbocycles. The minimum absolute atomic E-state index is 0.0677. The Morgan fingerprint density at radius 3 is 2.42 bits per heavy atom. The van der Waals surface area contributed by atoms with Crippen molar-refractivity contribution in [2.75, 3.05) is 6.54 Å². The maximum Gasteiger partial charge on any atom is 0.124 e. The first-order valence-electron chi connectivity index (χ1n) is 6.94. The summed E-state index contributed by atoms with van der Waals surface area (Å²) in [5.74, 6) is 0.524. The Labute approximate surface area is 121 Å². The predicted molar refractivity (Wildman–Crippen MR) is 81.4 cm³/mol. The second kappa shape index (κ2) is 6.71. The van der Waals surface area contributed by atoms with E-state index in [1.54, 1.807) is 0 Å². The van der Waals surface area contributed by atoms with Gasteiger partial charge in [-0.1, -0.05) is 37.9 Å². The van der Waals surface area contributed by atoms with Crippen LogP contribution in [0.2, 0.25) is 5.02 Å². The third-order valence-electron chi connectivity index (χ3n) is 3.55. The molecule has 0 radical (unpaired) electrons. The summed E-state index contributed by atoms with van der Waals surface area (Å²) >= 11 is 6.21. The molecule has 0 bridgehead atoms. The highest BCUT2D eigenvalue weighted by molar-refractivity contribution is 6.31. The molecule has 0 aromatic heterocycles. The Morgan fingerprint density at radius 1 is 1.32 bits per heavy atom. The van der Waals surface area contributed by atoms with Gasteiger partial charge in [0.05, 0.1) is 0 Å². The van der Waals surface area contributed by atoms with Crippen LogP contribution in [0.3, 0.4) is 0 Å². The van der Waals surface area contributed by atoms with Crippen LogP contribution in [-0.4, -0.2) is 12.1 Å². The third-order valence-corrected chi connectivity index (χ3v) is 3.87. The van der Waals surface area contributed by atoms with Gasteiger partial charge in [-0.05, 0) is 44.4 Å². The molecule has 0 saturated carbocycles. The summed E-state index contributed by atoms with van der Waals surface area (Å²) in [7, 11) is 0. The van der Waals surface area contributed by atoms with Gasteiger partial charge in [0.15, 0.2) is 0 Å². The fraction of sp³-hybridized carbons (Fsp3) is 0.625. The van der Waals surface area contributed by atoms with Crippen molar-refractivity contribution in [1.29, 1.82) is 0 Å². The second-order valence-electron chi connectivity index (χ2n) is 6.29. The first-order chi connectivity index (χ1) is 8.74. The van der Waals surface area contributed by atoms with Crippen LogP contribution in [0.15, 0.2) is 18.2 Å². The Balaban J connectivity index is 2.96. The van der Waals surface area contributed by atoms with Crippen molar-refractivity contribution >= 4 is 11.6 Å². The lowest BCUT2D eigenvalue weighted by Crippen LogP contribution is -2.39. The summed E-state index contributed by atoms with van der Waals surface area (Å²) in [6, 6.07) is 4.72. The maximum atomic E-state index is 13.2. The Hall–Kier alpha value is -0.600. The molecule has 3 heteroatoms. The average Bonchev–Trinajstić information content (AvgIpc) is 2.29. The number of nitrogens with one attached hydrogen (secondary N) is 1. The molecule has 0 spiro atoms. The SMILES string of the molecule is CCC(C)C(CNC(C)(C)C)c1ccc(F)cc1Cl. The van der Waals surface area contributed by atoms with E-state index >= 15 is 0 Å². The number of rotatable bonds is 5. The molecule has 0 aliphatic heterocycles. The molecule has 1 N–H and O–H groups in total. The van der Waals surface area contributed by atoms with Gasteiger partial charge in [-0.3, -0.25) is 0 Å². The largest absolute Gasteiger partial charge is 0.311 e. The quantitative estimate of drug-likeness (QED) is 0.803. The maximum absolute atomic E-state index is 13.2. The molecule has 2 unspecified atom stereocenters. The predicted octanol–water partition coefficient (Wildman–Crippen LogP) is 5.00. The highest BCUT2D eigenvalue weighted by atomic mass is 35.5. The molecular weight excluding hydrogens is 261 g/mol. The molecule has 1 rings (SSSR count). The topological polar surface area (TPSA) is 12.0 Å². The number of halogens is 2. The molecule has 1 aromatic rings. The summed E-state index contributed by atoms with van der Waals surface area (Å²) in [4.78, 5) is 0. The van der Waals surface area contributed by atoms with Crippen molar-refractivity contribution < 1.29 is 4.39 Å². The van der Waals surface area contributed by atoms with Crippen LogP contribution < -0.4 is 5.32 Å². The normalized spacial score (nSPS) is 15.3. The van der Waals surface area contributed by atoms with Crippen molar-refractivity contribution in [2.24, 2.45) is 5.92 Å². The van der Waals surface area contributed by atoms with Crippen LogP contribution in [0.5, 0.6) is 0 Å². The Bertz CT molecular complexity index is 412. The minimum Gasteiger partial charge on any atom is -0.311 e. The fourth-order valence-corrected chi connectivity index (χ4v) is 2.43. The molecule has 1 nitrogen and oxygen atoms in total. The van der Waals surface area contributed by atoms with Crippen molar-refractivity contribution in [3.8, 4) is 0 Å². The highest BCUT2D eigenvalue weighted by Crippen LogP contribution is 2.32. The molecule has 0 heterocycles. The number of hydrogen-bond donors (Lipinski definition) is 1. The van der Waals surface area contributed by atoms with Crippen molar-refractivity contribution in [2.45, 2.75) is 52.5 Å². The van der Waals surface area contributed by atoms with Gasteiger partial charge >= 0.3 is 0 Å². The first kappa shape index (κ1) is 16.5. The lowest BCUT2D eigenvalue weighted by atomic mass is 9.85. The monoisotopic (exact) mass is 285 g/mol. The minimum atomic E-state index is -0.277. The van der Waals surface area contributed by atoms with Crippen LogP contribution in [0.25, 0.3) is 0 Å². The van der Waals surface area contributed by atoms with Crippen molar-refractivity contribution in [1.82, 2.24) is 5.32 Å². The average molecular weight is 286 g/mol. The Morgan fingerprint density at radius 2 is 1.95 bits per heavy atom. The van der Waals surface area contributed by atoms with Gasteiger partial charge in [0.25, 0.3) is 0 Å². The zero-order valence-corrected chi connectivity index (χ0v) is 13.3. The molecule has 0 amide bonds. The molecule has 1 aromatic carbocycles. The summed E-state index contributed by atoms with van der Waals surface area (Å²) in [5, 5.41) is 4.05. The summed E-state index contributed by atoms with van der Waals surface area (Å²) in [5.41, 5.74) is 1.10. The van der Waals surface area contributed by atoms with Crippen LogP contribution >= 0.6 is 11.6 Å². The van der Waals surface area contributed by atoms with E-state index in [1.807, 2.05) is 6.07 Å². The second-order valence-corrected chi connectivity index (χ2v) is 6.70. The van der Waals surface area contributed by atoms with E-state index in [9.17, 15) is 4.39 Å². The smallest absolute Gasteiger partial charge is 0.124 e. The zero-order chi connectivity index (χ0) is 14.6.